The van der Waals surface area contributed by atoms with Gasteiger partial charge in [0.15, 0.2) is 0 Å². The lowest BCUT2D eigenvalue weighted by Gasteiger charge is -2.44. The molecule has 0 spiro atoms. The molecule has 3 heteroatoms. The van der Waals surface area contributed by atoms with E-state index in [1.54, 1.807) is 0 Å². The van der Waals surface area contributed by atoms with Crippen molar-refractivity contribution in [3.63, 3.8) is 0 Å². The summed E-state index contributed by atoms with van der Waals surface area (Å²) in [7, 11) is 0. The molecule has 2 fully saturated rings. The van der Waals surface area contributed by atoms with Gasteiger partial charge in [-0.15, -0.1) is 6.42 Å². The van der Waals surface area contributed by atoms with Crippen molar-refractivity contribution in [2.75, 3.05) is 42.6 Å². The number of terminal acetylenes is 1. The molecule has 3 aliphatic rings. The zero-order valence-electron chi connectivity index (χ0n) is 19.1. The van der Waals surface area contributed by atoms with E-state index in [2.05, 4.69) is 51.8 Å². The van der Waals surface area contributed by atoms with Gasteiger partial charge < -0.3 is 14.7 Å². The summed E-state index contributed by atoms with van der Waals surface area (Å²) in [5.41, 5.74) is 3.29. The molecule has 1 aliphatic carbocycles. The van der Waals surface area contributed by atoms with Crippen LogP contribution in [-0.4, -0.2) is 43.8 Å². The lowest BCUT2D eigenvalue weighted by Crippen LogP contribution is -2.49. The van der Waals surface area contributed by atoms with Crippen LogP contribution in [0.15, 0.2) is 24.3 Å². The maximum atomic E-state index is 5.64. The fourth-order valence-corrected chi connectivity index (χ4v) is 6.40. The summed E-state index contributed by atoms with van der Waals surface area (Å²) in [6, 6.07) is 9.46. The Balaban J connectivity index is 1.37. The molecular weight excluding hydrogens is 366 g/mol. The Hall–Kier alpha value is -1.66. The topological polar surface area (TPSA) is 9.72 Å². The van der Waals surface area contributed by atoms with Gasteiger partial charge in [0.05, 0.1) is 24.6 Å². The summed E-state index contributed by atoms with van der Waals surface area (Å²) < 4.78 is 0. The molecule has 1 saturated heterocycles. The molecule has 0 atom stereocenters. The van der Waals surface area contributed by atoms with E-state index in [1.165, 1.54) is 102 Å². The second-order valence-electron chi connectivity index (χ2n) is 10.0. The minimum Gasteiger partial charge on any atom is -0.349 e. The van der Waals surface area contributed by atoms with E-state index in [0.717, 1.165) is 6.67 Å². The van der Waals surface area contributed by atoms with Crippen LogP contribution in [0.3, 0.4) is 0 Å². The highest BCUT2D eigenvalue weighted by molar-refractivity contribution is 5.76. The van der Waals surface area contributed by atoms with Gasteiger partial charge in [0.25, 0.3) is 0 Å². The van der Waals surface area contributed by atoms with Crippen LogP contribution < -0.4 is 9.80 Å². The van der Waals surface area contributed by atoms with Crippen LogP contribution in [0, 0.1) is 17.8 Å². The number of hydrogen-bond donors (Lipinski definition) is 0. The van der Waals surface area contributed by atoms with E-state index >= 15 is 0 Å². The van der Waals surface area contributed by atoms with Gasteiger partial charge in [0, 0.05) is 25.7 Å². The van der Waals surface area contributed by atoms with Crippen molar-refractivity contribution >= 4 is 11.4 Å². The van der Waals surface area contributed by atoms with Gasteiger partial charge in [0.1, 0.15) is 0 Å². The molecule has 1 saturated carbocycles. The first kappa shape index (κ1) is 21.6. The van der Waals surface area contributed by atoms with Crippen LogP contribution in [-0.2, 0) is 0 Å². The Labute approximate surface area is 184 Å². The second kappa shape index (κ2) is 10.1. The van der Waals surface area contributed by atoms with Gasteiger partial charge in [0.2, 0.25) is 0 Å². The fraction of sp³-hybridized carbons (Fsp3) is 0.704. The van der Waals surface area contributed by atoms with Crippen molar-refractivity contribution in [3.05, 3.63) is 24.3 Å². The summed E-state index contributed by atoms with van der Waals surface area (Å²) in [6.07, 6.45) is 21.1. The molecule has 1 aromatic carbocycles. The SMILES string of the molecule is C#CCN1CN(C2CCN(CC3(CCC)CCCCCCC3)CC2)c2ccccc21. The van der Waals surface area contributed by atoms with E-state index in [1.807, 2.05) is 0 Å². The molecule has 3 nitrogen and oxygen atoms in total. The molecule has 0 aromatic heterocycles. The van der Waals surface area contributed by atoms with Gasteiger partial charge >= 0.3 is 0 Å². The molecule has 0 bridgehead atoms. The number of nitrogens with zero attached hydrogens (tertiary/aromatic N) is 3. The van der Waals surface area contributed by atoms with E-state index in [9.17, 15) is 0 Å². The number of rotatable bonds is 6. The van der Waals surface area contributed by atoms with Gasteiger partial charge in [-0.25, -0.2) is 0 Å². The van der Waals surface area contributed by atoms with Crippen molar-refractivity contribution in [1.29, 1.82) is 0 Å². The Bertz CT molecular complexity index is 705. The number of fused-ring (bicyclic) bond motifs is 1. The van der Waals surface area contributed by atoms with Crippen molar-refractivity contribution in [1.82, 2.24) is 4.90 Å². The van der Waals surface area contributed by atoms with Gasteiger partial charge in [-0.2, -0.15) is 0 Å². The molecule has 164 valence electrons. The van der Waals surface area contributed by atoms with Gasteiger partial charge in [-0.1, -0.05) is 63.5 Å². The zero-order valence-corrected chi connectivity index (χ0v) is 19.1. The Morgan fingerprint density at radius 2 is 1.67 bits per heavy atom. The third kappa shape index (κ3) is 4.80. The molecule has 1 aromatic rings. The molecular formula is C27H41N3. The molecule has 30 heavy (non-hydrogen) atoms. The van der Waals surface area contributed by atoms with E-state index in [-0.39, 0.29) is 0 Å². The van der Waals surface area contributed by atoms with Crippen molar-refractivity contribution in [2.45, 2.75) is 83.6 Å². The van der Waals surface area contributed by atoms with Crippen LogP contribution in [0.4, 0.5) is 11.4 Å². The first-order valence-corrected chi connectivity index (χ1v) is 12.5. The minimum absolute atomic E-state index is 0.589. The van der Waals surface area contributed by atoms with Gasteiger partial charge in [-0.05, 0) is 49.7 Å². The predicted molar refractivity (Wildman–Crippen MR) is 129 cm³/mol. The first-order chi connectivity index (χ1) is 14.7. The fourth-order valence-electron chi connectivity index (χ4n) is 6.40. The van der Waals surface area contributed by atoms with Crippen LogP contribution in [0.5, 0.6) is 0 Å². The van der Waals surface area contributed by atoms with E-state index in [0.29, 0.717) is 18.0 Å². The highest BCUT2D eigenvalue weighted by Crippen LogP contribution is 2.41. The molecule has 0 amide bonds. The average Bonchev–Trinajstić information content (AvgIpc) is 3.11. The van der Waals surface area contributed by atoms with Crippen molar-refractivity contribution < 1.29 is 0 Å². The Kier molecular flexibility index (Phi) is 7.26. The maximum absolute atomic E-state index is 5.64. The standard InChI is InChI=1S/C27H41N3/c1-3-16-27(17-10-6-5-7-11-18-27)22-28-20-14-24(15-21-28)30-23-29(19-4-2)25-12-8-9-13-26(25)30/h2,8-9,12-13,24H,3,5-7,10-11,14-23H2,1H3. The normalized spacial score (nSPS) is 22.9. The molecule has 4 rings (SSSR count). The number of anilines is 2. The molecule has 2 aliphatic heterocycles. The number of likely N-dealkylation sites (tertiary alicyclic amines) is 1. The van der Waals surface area contributed by atoms with Crippen molar-refractivity contribution in [3.8, 4) is 12.3 Å². The molecule has 0 unspecified atom stereocenters. The summed E-state index contributed by atoms with van der Waals surface area (Å²) >= 11 is 0. The van der Waals surface area contributed by atoms with Crippen molar-refractivity contribution in [2.24, 2.45) is 5.41 Å². The number of hydrogen-bond acceptors (Lipinski definition) is 3. The van der Waals surface area contributed by atoms with Crippen LogP contribution in [0.1, 0.15) is 77.6 Å². The number of benzene rings is 1. The highest BCUT2D eigenvalue weighted by Gasteiger charge is 2.36. The third-order valence-electron chi connectivity index (χ3n) is 7.89. The lowest BCUT2D eigenvalue weighted by molar-refractivity contribution is 0.0872. The molecule has 0 N–H and O–H groups in total. The lowest BCUT2D eigenvalue weighted by atomic mass is 9.72. The van der Waals surface area contributed by atoms with Crippen LogP contribution in [0.25, 0.3) is 0 Å². The molecule has 0 radical (unpaired) electrons. The summed E-state index contributed by atoms with van der Waals surface area (Å²) in [4.78, 5) is 7.79. The summed E-state index contributed by atoms with van der Waals surface area (Å²) in [5, 5.41) is 0. The Morgan fingerprint density at radius 3 is 2.33 bits per heavy atom. The van der Waals surface area contributed by atoms with Crippen LogP contribution in [0.2, 0.25) is 0 Å². The second-order valence-corrected chi connectivity index (χ2v) is 10.0. The zero-order chi connectivity index (χ0) is 20.8. The average molecular weight is 408 g/mol. The number of piperidine rings is 1. The third-order valence-corrected chi connectivity index (χ3v) is 7.89. The first-order valence-electron chi connectivity index (χ1n) is 12.5. The smallest absolute Gasteiger partial charge is 0.0916 e. The van der Waals surface area contributed by atoms with E-state index in [4.69, 9.17) is 6.42 Å². The minimum atomic E-state index is 0.589. The predicted octanol–water partition coefficient (Wildman–Crippen LogP) is 5.90. The summed E-state index contributed by atoms with van der Waals surface area (Å²) in [5.74, 6) is 2.84. The van der Waals surface area contributed by atoms with Crippen LogP contribution >= 0.6 is 0 Å². The number of para-hydroxylation sites is 2. The van der Waals surface area contributed by atoms with Gasteiger partial charge in [-0.3, -0.25) is 0 Å². The maximum Gasteiger partial charge on any atom is 0.0916 e. The quantitative estimate of drug-likeness (QED) is 0.544. The largest absolute Gasteiger partial charge is 0.349 e. The Morgan fingerprint density at radius 1 is 1.00 bits per heavy atom. The molecule has 2 heterocycles. The highest BCUT2D eigenvalue weighted by atomic mass is 15.4. The van der Waals surface area contributed by atoms with E-state index < -0.39 is 0 Å². The summed E-state index contributed by atoms with van der Waals surface area (Å²) in [6.45, 7) is 7.89. The monoisotopic (exact) mass is 407 g/mol.